The van der Waals surface area contributed by atoms with Crippen LogP contribution in [0, 0.1) is 22.9 Å². The van der Waals surface area contributed by atoms with Crippen molar-refractivity contribution in [2.24, 2.45) is 0 Å². The van der Waals surface area contributed by atoms with Crippen molar-refractivity contribution in [3.8, 4) is 0 Å². The molecule has 0 unspecified atom stereocenters. The average Bonchev–Trinajstić information content (AvgIpc) is 2.19. The smallest absolute Gasteiger partial charge is 0.310 e. The predicted octanol–water partition coefficient (Wildman–Crippen LogP) is 2.23. The Kier molecular flexibility index (Phi) is 3.22. The maximum atomic E-state index is 13.3. The number of carboxylic acids is 1. The summed E-state index contributed by atoms with van der Waals surface area (Å²) in [6, 6.07) is 1.95. The molecule has 16 heavy (non-hydrogen) atoms. The Morgan fingerprint density at radius 2 is 2.12 bits per heavy atom. The zero-order valence-corrected chi connectivity index (χ0v) is 8.73. The molecule has 0 heterocycles. The molecule has 0 bridgehead atoms. The number of halogens is 1. The van der Waals surface area contributed by atoms with Crippen LogP contribution in [0.1, 0.15) is 24.0 Å². The lowest BCUT2D eigenvalue weighted by atomic mass is 9.96. The van der Waals surface area contributed by atoms with Crippen molar-refractivity contribution in [2.75, 3.05) is 0 Å². The molecule has 0 saturated heterocycles. The Morgan fingerprint density at radius 3 is 2.56 bits per heavy atom. The largest absolute Gasteiger partial charge is 0.481 e. The molecule has 0 fully saturated rings. The van der Waals surface area contributed by atoms with Crippen LogP contribution in [0.3, 0.4) is 0 Å². The first-order chi connectivity index (χ1) is 7.34. The number of aryl methyl sites for hydroxylation is 1. The molecule has 1 rings (SSSR count). The molecule has 5 nitrogen and oxygen atoms in total. The van der Waals surface area contributed by atoms with Gasteiger partial charge in [-0.3, -0.25) is 14.9 Å². The van der Waals surface area contributed by atoms with E-state index in [0.29, 0.717) is 5.56 Å². The van der Waals surface area contributed by atoms with E-state index in [-0.39, 0.29) is 5.56 Å². The fourth-order valence-corrected chi connectivity index (χ4v) is 1.42. The van der Waals surface area contributed by atoms with Crippen molar-refractivity contribution in [3.63, 3.8) is 0 Å². The van der Waals surface area contributed by atoms with E-state index in [1.54, 1.807) is 0 Å². The summed E-state index contributed by atoms with van der Waals surface area (Å²) in [4.78, 5) is 20.3. The van der Waals surface area contributed by atoms with E-state index in [2.05, 4.69) is 0 Å². The van der Waals surface area contributed by atoms with Gasteiger partial charge in [0.1, 0.15) is 0 Å². The van der Waals surface area contributed by atoms with Crippen LogP contribution < -0.4 is 0 Å². The minimum atomic E-state index is -1.10. The maximum absolute atomic E-state index is 13.3. The molecule has 1 N–H and O–H groups in total. The van der Waals surface area contributed by atoms with Gasteiger partial charge in [0, 0.05) is 6.07 Å². The number of nitrogens with zero attached hydrogens (tertiary/aromatic N) is 1. The number of benzene rings is 1. The molecular formula is C10H10FNO4. The summed E-state index contributed by atoms with van der Waals surface area (Å²) in [7, 11) is 0. The van der Waals surface area contributed by atoms with Gasteiger partial charge in [-0.25, -0.2) is 0 Å². The number of nitro groups is 1. The molecule has 86 valence electrons. The topological polar surface area (TPSA) is 80.4 Å². The highest BCUT2D eigenvalue weighted by atomic mass is 19.1. The first kappa shape index (κ1) is 12.1. The van der Waals surface area contributed by atoms with Gasteiger partial charge in [0.25, 0.3) is 0 Å². The van der Waals surface area contributed by atoms with E-state index in [4.69, 9.17) is 5.11 Å². The van der Waals surface area contributed by atoms with Gasteiger partial charge >= 0.3 is 11.7 Å². The fraction of sp³-hybridized carbons (Fsp3) is 0.300. The van der Waals surface area contributed by atoms with Gasteiger partial charge in [0.15, 0.2) is 0 Å². The molecule has 0 radical (unpaired) electrons. The van der Waals surface area contributed by atoms with Crippen LogP contribution in [0.5, 0.6) is 0 Å². The van der Waals surface area contributed by atoms with E-state index in [1.807, 2.05) is 0 Å². The Bertz CT molecular complexity index is 458. The maximum Gasteiger partial charge on any atom is 0.310 e. The normalized spacial score (nSPS) is 12.2. The van der Waals surface area contributed by atoms with Crippen molar-refractivity contribution in [1.29, 1.82) is 0 Å². The zero-order valence-electron chi connectivity index (χ0n) is 8.73. The van der Waals surface area contributed by atoms with Crippen molar-refractivity contribution >= 4 is 11.7 Å². The standard InChI is InChI=1S/C10H10FNO4/c1-5-3-9(12(15)16)8(11)4-7(5)6(2)10(13)14/h3-4,6H,1-2H3,(H,13,14)/t6-/m0/s1. The van der Waals surface area contributed by atoms with Crippen LogP contribution in [-0.2, 0) is 4.79 Å². The van der Waals surface area contributed by atoms with Gasteiger partial charge in [0.2, 0.25) is 5.82 Å². The SMILES string of the molecule is Cc1cc([N+](=O)[O-])c(F)cc1[C@H](C)C(=O)O. The van der Waals surface area contributed by atoms with Gasteiger partial charge in [-0.15, -0.1) is 0 Å². The van der Waals surface area contributed by atoms with E-state index in [0.717, 1.165) is 12.1 Å². The minimum absolute atomic E-state index is 0.246. The second-order valence-corrected chi connectivity index (χ2v) is 3.48. The van der Waals surface area contributed by atoms with Crippen molar-refractivity contribution in [2.45, 2.75) is 19.8 Å². The number of hydrogen-bond donors (Lipinski definition) is 1. The van der Waals surface area contributed by atoms with E-state index < -0.39 is 28.3 Å². The second kappa shape index (κ2) is 4.26. The van der Waals surface area contributed by atoms with Gasteiger partial charge in [-0.1, -0.05) is 0 Å². The van der Waals surface area contributed by atoms with Crippen LogP contribution in [0.15, 0.2) is 12.1 Å². The Morgan fingerprint density at radius 1 is 1.56 bits per heavy atom. The molecule has 1 atom stereocenters. The third-order valence-corrected chi connectivity index (χ3v) is 2.37. The quantitative estimate of drug-likeness (QED) is 0.634. The van der Waals surface area contributed by atoms with Crippen LogP contribution in [-0.4, -0.2) is 16.0 Å². The van der Waals surface area contributed by atoms with Crippen LogP contribution in [0.4, 0.5) is 10.1 Å². The summed E-state index contributed by atoms with van der Waals surface area (Å²) in [5, 5.41) is 19.2. The molecule has 0 spiro atoms. The molecule has 0 aliphatic carbocycles. The minimum Gasteiger partial charge on any atom is -0.481 e. The first-order valence-electron chi connectivity index (χ1n) is 4.51. The third-order valence-electron chi connectivity index (χ3n) is 2.37. The average molecular weight is 227 g/mol. The van der Waals surface area contributed by atoms with Crippen LogP contribution in [0.25, 0.3) is 0 Å². The lowest BCUT2D eigenvalue weighted by Gasteiger charge is -2.10. The zero-order chi connectivity index (χ0) is 12.5. The number of hydrogen-bond acceptors (Lipinski definition) is 3. The second-order valence-electron chi connectivity index (χ2n) is 3.48. The van der Waals surface area contributed by atoms with E-state index in [9.17, 15) is 19.3 Å². The van der Waals surface area contributed by atoms with Crippen molar-refractivity contribution in [1.82, 2.24) is 0 Å². The van der Waals surface area contributed by atoms with Gasteiger partial charge in [-0.2, -0.15) is 4.39 Å². The highest BCUT2D eigenvalue weighted by molar-refractivity contribution is 5.76. The lowest BCUT2D eigenvalue weighted by molar-refractivity contribution is -0.387. The summed E-state index contributed by atoms with van der Waals surface area (Å²) >= 11 is 0. The number of carboxylic acid groups (broad SMARTS) is 1. The fourth-order valence-electron chi connectivity index (χ4n) is 1.42. The Hall–Kier alpha value is -1.98. The summed E-state index contributed by atoms with van der Waals surface area (Å²) in [6.07, 6.45) is 0. The van der Waals surface area contributed by atoms with Gasteiger partial charge < -0.3 is 5.11 Å². The Labute approximate surface area is 90.7 Å². The number of carbonyl (C=O) groups is 1. The van der Waals surface area contributed by atoms with Gasteiger partial charge in [0.05, 0.1) is 10.8 Å². The van der Waals surface area contributed by atoms with Crippen molar-refractivity contribution in [3.05, 3.63) is 39.2 Å². The van der Waals surface area contributed by atoms with E-state index >= 15 is 0 Å². The monoisotopic (exact) mass is 227 g/mol. The third kappa shape index (κ3) is 2.16. The highest BCUT2D eigenvalue weighted by Crippen LogP contribution is 2.26. The highest BCUT2D eigenvalue weighted by Gasteiger charge is 2.22. The Balaban J connectivity index is 3.31. The molecule has 0 aliphatic heterocycles. The van der Waals surface area contributed by atoms with Gasteiger partial charge in [-0.05, 0) is 31.0 Å². The van der Waals surface area contributed by atoms with Crippen LogP contribution in [0.2, 0.25) is 0 Å². The number of nitro benzene ring substituents is 1. The molecule has 1 aromatic carbocycles. The summed E-state index contributed by atoms with van der Waals surface area (Å²) in [6.45, 7) is 2.91. The van der Waals surface area contributed by atoms with Crippen LogP contribution >= 0.6 is 0 Å². The summed E-state index contributed by atoms with van der Waals surface area (Å²) in [5.74, 6) is -3.01. The lowest BCUT2D eigenvalue weighted by Crippen LogP contribution is -2.10. The molecule has 0 aromatic heterocycles. The number of aliphatic carboxylic acids is 1. The molecule has 1 aromatic rings. The molecule has 6 heteroatoms. The molecule has 0 aliphatic rings. The summed E-state index contributed by atoms with van der Waals surface area (Å²) in [5.41, 5.74) is -0.00237. The molecular weight excluding hydrogens is 217 g/mol. The summed E-state index contributed by atoms with van der Waals surface area (Å²) < 4.78 is 13.3. The first-order valence-corrected chi connectivity index (χ1v) is 4.51. The predicted molar refractivity (Wildman–Crippen MR) is 53.8 cm³/mol. The molecule has 0 saturated carbocycles. The number of rotatable bonds is 3. The molecule has 0 amide bonds. The van der Waals surface area contributed by atoms with Crippen molar-refractivity contribution < 1.29 is 19.2 Å². The van der Waals surface area contributed by atoms with E-state index in [1.165, 1.54) is 13.8 Å².